The van der Waals surface area contributed by atoms with Crippen molar-refractivity contribution in [3.8, 4) is 0 Å². The highest BCUT2D eigenvalue weighted by atomic mass is 32.2. The standard InChI is InChI=1S/C10H23NO2S/c1-8(2)9(10(3,4)5)11(6)14(7,12)13/h8-9H,1-7H3/t9-/m0/s1. The summed E-state index contributed by atoms with van der Waals surface area (Å²) in [5.74, 6) is 0.315. The van der Waals surface area contributed by atoms with Crippen LogP contribution in [0, 0.1) is 11.3 Å². The Kier molecular flexibility index (Phi) is 4.16. The van der Waals surface area contributed by atoms with E-state index in [0.717, 1.165) is 0 Å². The molecule has 0 aromatic rings. The van der Waals surface area contributed by atoms with Crippen LogP contribution in [-0.2, 0) is 10.0 Å². The van der Waals surface area contributed by atoms with E-state index in [9.17, 15) is 8.42 Å². The number of rotatable bonds is 3. The summed E-state index contributed by atoms with van der Waals surface area (Å²) in [4.78, 5) is 0. The second-order valence-electron chi connectivity index (χ2n) is 5.33. The van der Waals surface area contributed by atoms with Crippen LogP contribution >= 0.6 is 0 Å². The van der Waals surface area contributed by atoms with Gasteiger partial charge in [-0.05, 0) is 11.3 Å². The molecule has 0 saturated carbocycles. The lowest BCUT2D eigenvalue weighted by atomic mass is 9.80. The zero-order chi connectivity index (χ0) is 11.7. The molecule has 0 bridgehead atoms. The van der Waals surface area contributed by atoms with Crippen molar-refractivity contribution in [1.82, 2.24) is 4.31 Å². The summed E-state index contributed by atoms with van der Waals surface area (Å²) in [6, 6.07) is 0.0394. The molecule has 0 aromatic carbocycles. The minimum atomic E-state index is -3.10. The molecule has 0 fully saturated rings. The summed E-state index contributed by atoms with van der Waals surface area (Å²) in [5.41, 5.74) is -0.0357. The first-order valence-corrected chi connectivity index (χ1v) is 6.75. The fourth-order valence-electron chi connectivity index (χ4n) is 2.17. The Morgan fingerprint density at radius 2 is 1.50 bits per heavy atom. The van der Waals surface area contributed by atoms with Crippen LogP contribution in [0.25, 0.3) is 0 Å². The van der Waals surface area contributed by atoms with Gasteiger partial charge in [0.15, 0.2) is 0 Å². The van der Waals surface area contributed by atoms with E-state index in [-0.39, 0.29) is 11.5 Å². The lowest BCUT2D eigenvalue weighted by molar-refractivity contribution is 0.150. The highest BCUT2D eigenvalue weighted by Crippen LogP contribution is 2.30. The predicted molar refractivity (Wildman–Crippen MR) is 60.7 cm³/mol. The molecule has 0 N–H and O–H groups in total. The summed E-state index contributed by atoms with van der Waals surface area (Å²) in [6.45, 7) is 10.3. The van der Waals surface area contributed by atoms with E-state index in [1.54, 1.807) is 7.05 Å². The maximum atomic E-state index is 11.4. The number of sulfonamides is 1. The molecule has 1 atom stereocenters. The van der Waals surface area contributed by atoms with Gasteiger partial charge in [0.05, 0.1) is 6.26 Å². The quantitative estimate of drug-likeness (QED) is 0.730. The third-order valence-electron chi connectivity index (χ3n) is 2.43. The molecule has 0 aliphatic carbocycles. The second kappa shape index (κ2) is 4.19. The topological polar surface area (TPSA) is 37.4 Å². The van der Waals surface area contributed by atoms with Gasteiger partial charge in [-0.2, -0.15) is 0 Å². The highest BCUT2D eigenvalue weighted by molar-refractivity contribution is 7.88. The maximum absolute atomic E-state index is 11.4. The van der Waals surface area contributed by atoms with Crippen molar-refractivity contribution in [3.05, 3.63) is 0 Å². The lowest BCUT2D eigenvalue weighted by Gasteiger charge is -2.39. The average molecular weight is 221 g/mol. The SMILES string of the molecule is CC(C)[C@H](N(C)S(C)(=O)=O)C(C)(C)C. The van der Waals surface area contributed by atoms with Gasteiger partial charge >= 0.3 is 0 Å². The Morgan fingerprint density at radius 3 is 1.57 bits per heavy atom. The van der Waals surface area contributed by atoms with Gasteiger partial charge < -0.3 is 0 Å². The summed E-state index contributed by atoms with van der Waals surface area (Å²) < 4.78 is 24.4. The zero-order valence-electron chi connectivity index (χ0n) is 10.3. The first-order valence-electron chi connectivity index (χ1n) is 4.91. The van der Waals surface area contributed by atoms with Crippen LogP contribution in [-0.4, -0.2) is 32.1 Å². The molecule has 0 amide bonds. The van der Waals surface area contributed by atoms with Gasteiger partial charge in [0, 0.05) is 13.1 Å². The molecule has 0 unspecified atom stereocenters. The molecule has 3 nitrogen and oxygen atoms in total. The fourth-order valence-corrected chi connectivity index (χ4v) is 3.14. The van der Waals surface area contributed by atoms with Gasteiger partial charge in [-0.1, -0.05) is 34.6 Å². The lowest BCUT2D eigenvalue weighted by Crippen LogP contribution is -2.47. The molecular weight excluding hydrogens is 198 g/mol. The third-order valence-corrected chi connectivity index (χ3v) is 3.71. The summed E-state index contributed by atoms with van der Waals surface area (Å²) in [5, 5.41) is 0. The van der Waals surface area contributed by atoms with Gasteiger partial charge in [-0.15, -0.1) is 0 Å². The first-order chi connectivity index (χ1) is 5.98. The van der Waals surface area contributed by atoms with Crippen molar-refractivity contribution in [2.45, 2.75) is 40.7 Å². The molecule has 0 aliphatic rings. The summed E-state index contributed by atoms with van der Waals surface area (Å²) >= 11 is 0. The van der Waals surface area contributed by atoms with Crippen molar-refractivity contribution in [2.75, 3.05) is 13.3 Å². The molecule has 86 valence electrons. The molecule has 0 heterocycles. The van der Waals surface area contributed by atoms with Gasteiger partial charge in [0.1, 0.15) is 0 Å². The Balaban J connectivity index is 5.06. The van der Waals surface area contributed by atoms with E-state index in [1.807, 2.05) is 0 Å². The zero-order valence-corrected chi connectivity index (χ0v) is 11.1. The van der Waals surface area contributed by atoms with Crippen LogP contribution in [0.2, 0.25) is 0 Å². The van der Waals surface area contributed by atoms with Crippen molar-refractivity contribution in [1.29, 1.82) is 0 Å². The normalized spacial score (nSPS) is 16.4. The van der Waals surface area contributed by atoms with Crippen molar-refractivity contribution >= 4 is 10.0 Å². The molecule has 4 heteroatoms. The van der Waals surface area contributed by atoms with E-state index >= 15 is 0 Å². The number of nitrogens with zero attached hydrogens (tertiary/aromatic N) is 1. The van der Waals surface area contributed by atoms with Gasteiger partial charge in [0.2, 0.25) is 10.0 Å². The molecule has 0 aromatic heterocycles. The Bertz CT molecular complexity index is 275. The second-order valence-corrected chi connectivity index (χ2v) is 7.38. The maximum Gasteiger partial charge on any atom is 0.211 e. The average Bonchev–Trinajstić information content (AvgIpc) is 1.79. The molecule has 0 rings (SSSR count). The molecule has 14 heavy (non-hydrogen) atoms. The number of hydrogen-bond acceptors (Lipinski definition) is 2. The van der Waals surface area contributed by atoms with E-state index in [2.05, 4.69) is 34.6 Å². The van der Waals surface area contributed by atoms with E-state index in [0.29, 0.717) is 5.92 Å². The Labute approximate surface area is 88.5 Å². The van der Waals surface area contributed by atoms with Crippen LogP contribution < -0.4 is 0 Å². The van der Waals surface area contributed by atoms with Crippen molar-refractivity contribution in [2.24, 2.45) is 11.3 Å². The van der Waals surface area contributed by atoms with Crippen LogP contribution in [0.4, 0.5) is 0 Å². The fraction of sp³-hybridized carbons (Fsp3) is 1.00. The number of hydrogen-bond donors (Lipinski definition) is 0. The Morgan fingerprint density at radius 1 is 1.14 bits per heavy atom. The van der Waals surface area contributed by atoms with Crippen LogP contribution in [0.5, 0.6) is 0 Å². The van der Waals surface area contributed by atoms with E-state index < -0.39 is 10.0 Å². The summed E-state index contributed by atoms with van der Waals surface area (Å²) in [6.07, 6.45) is 1.26. The van der Waals surface area contributed by atoms with Crippen LogP contribution in [0.1, 0.15) is 34.6 Å². The highest BCUT2D eigenvalue weighted by Gasteiger charge is 2.34. The summed E-state index contributed by atoms with van der Waals surface area (Å²) in [7, 11) is -1.44. The van der Waals surface area contributed by atoms with Crippen molar-refractivity contribution in [3.63, 3.8) is 0 Å². The molecular formula is C10H23NO2S. The van der Waals surface area contributed by atoms with Crippen LogP contribution in [0.3, 0.4) is 0 Å². The largest absolute Gasteiger partial charge is 0.213 e. The van der Waals surface area contributed by atoms with Gasteiger partial charge in [0.25, 0.3) is 0 Å². The smallest absolute Gasteiger partial charge is 0.211 e. The van der Waals surface area contributed by atoms with E-state index in [4.69, 9.17) is 0 Å². The van der Waals surface area contributed by atoms with Gasteiger partial charge in [-0.3, -0.25) is 0 Å². The first kappa shape index (κ1) is 13.9. The third kappa shape index (κ3) is 3.58. The molecule has 0 spiro atoms. The minimum absolute atomic E-state index is 0.0357. The van der Waals surface area contributed by atoms with E-state index in [1.165, 1.54) is 10.6 Å². The molecule has 0 radical (unpaired) electrons. The van der Waals surface area contributed by atoms with Crippen molar-refractivity contribution < 1.29 is 8.42 Å². The molecule has 0 saturated heterocycles. The molecule has 0 aliphatic heterocycles. The van der Waals surface area contributed by atoms with Crippen LogP contribution in [0.15, 0.2) is 0 Å². The Hall–Kier alpha value is -0.0900. The predicted octanol–water partition coefficient (Wildman–Crippen LogP) is 1.95. The van der Waals surface area contributed by atoms with Gasteiger partial charge in [-0.25, -0.2) is 12.7 Å². The minimum Gasteiger partial charge on any atom is -0.213 e. The monoisotopic (exact) mass is 221 g/mol.